The van der Waals surface area contributed by atoms with Crippen molar-refractivity contribution in [3.05, 3.63) is 53.1 Å². The molecular formula is C22H24FNO5P+. The summed E-state index contributed by atoms with van der Waals surface area (Å²) in [5.41, 5.74) is 3.92. The molecule has 0 spiro atoms. The van der Waals surface area contributed by atoms with Gasteiger partial charge in [-0.05, 0) is 41.2 Å². The van der Waals surface area contributed by atoms with Crippen LogP contribution in [0.4, 0.5) is 4.39 Å². The summed E-state index contributed by atoms with van der Waals surface area (Å²) in [4.78, 5) is 15.1. The van der Waals surface area contributed by atoms with Crippen molar-refractivity contribution in [2.45, 2.75) is 39.2 Å². The first-order valence-electron chi connectivity index (χ1n) is 9.41. The summed E-state index contributed by atoms with van der Waals surface area (Å²) in [6.45, 7) is 5.73. The van der Waals surface area contributed by atoms with E-state index in [0.29, 0.717) is 5.56 Å². The molecule has 0 aliphatic heterocycles. The third-order valence-corrected chi connectivity index (χ3v) is 5.28. The number of aromatic nitrogens is 1. The van der Waals surface area contributed by atoms with E-state index >= 15 is 0 Å². The van der Waals surface area contributed by atoms with Crippen LogP contribution in [0.2, 0.25) is 0 Å². The van der Waals surface area contributed by atoms with Gasteiger partial charge < -0.3 is 10.2 Å². The quantitative estimate of drug-likeness (QED) is 0.478. The standard InChI is InChI=1S/C22H23FNO5P/c1-14(2)22-19(5-4-10-29-30(28)13-18(25)12-21(26)27)20(11-15(3)24-22)16-6-8-17(23)9-7-16/h6-9,11,14,18,25H,10,12-13H2,1-3H3/p+1/t18-/m0/s1. The van der Waals surface area contributed by atoms with Gasteiger partial charge in [-0.15, -0.1) is 4.52 Å². The Morgan fingerprint density at radius 3 is 2.57 bits per heavy atom. The van der Waals surface area contributed by atoms with Crippen LogP contribution in [-0.4, -0.2) is 40.0 Å². The molecule has 6 nitrogen and oxygen atoms in total. The fourth-order valence-electron chi connectivity index (χ4n) is 2.82. The lowest BCUT2D eigenvalue weighted by molar-refractivity contribution is -0.138. The van der Waals surface area contributed by atoms with E-state index in [1.54, 1.807) is 12.1 Å². The molecule has 0 radical (unpaired) electrons. The molecule has 0 saturated carbocycles. The molecule has 0 bridgehead atoms. The molecule has 0 aliphatic carbocycles. The molecule has 2 rings (SSSR count). The van der Waals surface area contributed by atoms with E-state index in [-0.39, 0.29) is 24.5 Å². The molecule has 2 atom stereocenters. The van der Waals surface area contributed by atoms with Gasteiger partial charge in [-0.25, -0.2) is 4.39 Å². The fourth-order valence-corrected chi connectivity index (χ4v) is 3.61. The predicted molar refractivity (Wildman–Crippen MR) is 112 cm³/mol. The van der Waals surface area contributed by atoms with Gasteiger partial charge in [0.25, 0.3) is 0 Å². The number of pyridine rings is 1. The van der Waals surface area contributed by atoms with Crippen molar-refractivity contribution in [1.82, 2.24) is 4.98 Å². The maximum absolute atomic E-state index is 13.3. The van der Waals surface area contributed by atoms with Crippen LogP contribution in [0.1, 0.15) is 43.1 Å². The Kier molecular flexibility index (Phi) is 8.61. The van der Waals surface area contributed by atoms with Crippen molar-refractivity contribution in [2.24, 2.45) is 0 Å². The number of rotatable bonds is 8. The normalized spacial score (nSPS) is 12.3. The number of carbonyl (C=O) groups is 1. The number of carboxylic acid groups (broad SMARTS) is 1. The summed E-state index contributed by atoms with van der Waals surface area (Å²) in [5.74, 6) is 4.43. The van der Waals surface area contributed by atoms with Crippen molar-refractivity contribution in [3.8, 4) is 23.0 Å². The lowest BCUT2D eigenvalue weighted by Crippen LogP contribution is -2.15. The second-order valence-electron chi connectivity index (χ2n) is 7.08. The van der Waals surface area contributed by atoms with Gasteiger partial charge in [0.05, 0.1) is 17.7 Å². The molecule has 30 heavy (non-hydrogen) atoms. The van der Waals surface area contributed by atoms with Crippen molar-refractivity contribution >= 4 is 14.0 Å². The SMILES string of the molecule is Cc1cc(-c2ccc(F)cc2)c(C#CCO[P+](=O)C[C@@H](O)CC(=O)O)c(C(C)C)n1. The zero-order valence-electron chi connectivity index (χ0n) is 17.1. The van der Waals surface area contributed by atoms with Gasteiger partial charge in [0.15, 0.2) is 6.61 Å². The number of benzene rings is 1. The zero-order chi connectivity index (χ0) is 22.3. The van der Waals surface area contributed by atoms with E-state index in [2.05, 4.69) is 16.8 Å². The molecular weight excluding hydrogens is 408 g/mol. The average Bonchev–Trinajstić information content (AvgIpc) is 2.65. The molecule has 1 heterocycles. The molecule has 158 valence electrons. The minimum Gasteiger partial charge on any atom is -0.481 e. The Morgan fingerprint density at radius 1 is 1.30 bits per heavy atom. The van der Waals surface area contributed by atoms with Crippen LogP contribution in [0.5, 0.6) is 0 Å². The zero-order valence-corrected chi connectivity index (χ0v) is 17.9. The largest absolute Gasteiger partial charge is 0.511 e. The van der Waals surface area contributed by atoms with Gasteiger partial charge in [-0.2, -0.15) is 0 Å². The van der Waals surface area contributed by atoms with Crippen molar-refractivity contribution in [2.75, 3.05) is 12.8 Å². The van der Waals surface area contributed by atoms with Gasteiger partial charge in [-0.1, -0.05) is 37.8 Å². The van der Waals surface area contributed by atoms with Gasteiger partial charge in [0.2, 0.25) is 6.16 Å². The Bertz CT molecular complexity index is 980. The molecule has 2 N–H and O–H groups in total. The van der Waals surface area contributed by atoms with Gasteiger partial charge >= 0.3 is 14.0 Å². The van der Waals surface area contributed by atoms with Crippen LogP contribution in [-0.2, 0) is 13.9 Å². The Labute approximate surface area is 176 Å². The van der Waals surface area contributed by atoms with Crippen LogP contribution in [0.3, 0.4) is 0 Å². The number of aliphatic hydroxyl groups excluding tert-OH is 1. The van der Waals surface area contributed by atoms with E-state index in [0.717, 1.165) is 22.5 Å². The molecule has 1 aromatic heterocycles. The number of aliphatic carboxylic acids is 1. The predicted octanol–water partition coefficient (Wildman–Crippen LogP) is 4.27. The molecule has 0 fully saturated rings. The summed E-state index contributed by atoms with van der Waals surface area (Å²) in [6, 6.07) is 8.00. The molecule has 2 aromatic rings. The Balaban J connectivity index is 2.23. The number of hydrogen-bond acceptors (Lipinski definition) is 5. The summed E-state index contributed by atoms with van der Waals surface area (Å²) in [6.07, 6.45) is -2.00. The van der Waals surface area contributed by atoms with Gasteiger partial charge in [-0.3, -0.25) is 9.78 Å². The highest BCUT2D eigenvalue weighted by Crippen LogP contribution is 2.30. The molecule has 8 heteroatoms. The fraction of sp³-hybridized carbons (Fsp3) is 0.364. The third-order valence-electron chi connectivity index (χ3n) is 4.14. The summed E-state index contributed by atoms with van der Waals surface area (Å²) in [7, 11) is -2.23. The second-order valence-corrected chi connectivity index (χ2v) is 8.36. The van der Waals surface area contributed by atoms with E-state index in [1.807, 2.05) is 26.8 Å². The van der Waals surface area contributed by atoms with E-state index in [9.17, 15) is 18.9 Å². The summed E-state index contributed by atoms with van der Waals surface area (Å²) >= 11 is 0. The highest BCUT2D eigenvalue weighted by molar-refractivity contribution is 7.39. The Morgan fingerprint density at radius 2 is 1.97 bits per heavy atom. The van der Waals surface area contributed by atoms with Crippen molar-refractivity contribution in [3.63, 3.8) is 0 Å². The second kappa shape index (κ2) is 10.9. The summed E-state index contributed by atoms with van der Waals surface area (Å²) in [5, 5.41) is 18.1. The lowest BCUT2D eigenvalue weighted by Gasteiger charge is -2.14. The summed E-state index contributed by atoms with van der Waals surface area (Å²) < 4.78 is 30.3. The minimum atomic E-state index is -2.23. The first kappa shape index (κ1) is 23.6. The number of nitrogens with zero attached hydrogens (tertiary/aromatic N) is 1. The van der Waals surface area contributed by atoms with Crippen LogP contribution in [0.15, 0.2) is 30.3 Å². The topological polar surface area (TPSA) is 96.7 Å². The first-order chi connectivity index (χ1) is 14.2. The smallest absolute Gasteiger partial charge is 0.481 e. The van der Waals surface area contributed by atoms with E-state index in [1.165, 1.54) is 12.1 Å². The van der Waals surface area contributed by atoms with Crippen LogP contribution in [0.25, 0.3) is 11.1 Å². The maximum atomic E-state index is 13.3. The van der Waals surface area contributed by atoms with Crippen molar-refractivity contribution in [1.29, 1.82) is 0 Å². The van der Waals surface area contributed by atoms with Crippen LogP contribution < -0.4 is 0 Å². The molecule has 0 amide bonds. The van der Waals surface area contributed by atoms with Gasteiger partial charge in [0, 0.05) is 11.3 Å². The number of aliphatic hydroxyl groups is 1. The maximum Gasteiger partial charge on any atom is 0.511 e. The third kappa shape index (κ3) is 7.00. The minimum absolute atomic E-state index is 0.0946. The number of aryl methyl sites for hydroxylation is 1. The molecule has 1 aromatic carbocycles. The first-order valence-corrected chi connectivity index (χ1v) is 10.8. The van der Waals surface area contributed by atoms with Crippen LogP contribution in [0, 0.1) is 24.6 Å². The monoisotopic (exact) mass is 432 g/mol. The lowest BCUT2D eigenvalue weighted by atomic mass is 9.94. The molecule has 1 unspecified atom stereocenters. The highest BCUT2D eigenvalue weighted by Gasteiger charge is 2.25. The van der Waals surface area contributed by atoms with Gasteiger partial charge in [0.1, 0.15) is 11.9 Å². The van der Waals surface area contributed by atoms with Crippen molar-refractivity contribution < 1.29 is 28.5 Å². The number of halogens is 1. The van der Waals surface area contributed by atoms with Crippen LogP contribution >= 0.6 is 8.03 Å². The molecule has 0 aliphatic rings. The Hall–Kier alpha value is -2.65. The van der Waals surface area contributed by atoms with E-state index < -0.39 is 26.5 Å². The number of hydrogen-bond donors (Lipinski definition) is 2. The van der Waals surface area contributed by atoms with E-state index in [4.69, 9.17) is 9.63 Å². The average molecular weight is 432 g/mol. The molecule has 0 saturated heterocycles. The number of carboxylic acids is 1. The highest BCUT2D eigenvalue weighted by atomic mass is 31.1.